The minimum atomic E-state index is -0.308. The first-order valence-corrected chi connectivity index (χ1v) is 5.49. The monoisotopic (exact) mass is 233 g/mol. The quantitative estimate of drug-likeness (QED) is 0.849. The molecule has 0 saturated heterocycles. The number of benzene rings is 1. The van der Waals surface area contributed by atoms with Crippen LogP contribution in [0.4, 0.5) is 5.69 Å². The van der Waals surface area contributed by atoms with E-state index in [9.17, 15) is 4.79 Å². The molecule has 1 N–H and O–H groups in total. The molecule has 0 spiro atoms. The van der Waals surface area contributed by atoms with E-state index in [1.165, 1.54) is 0 Å². The average Bonchev–Trinajstić information content (AvgIpc) is 3.07. The summed E-state index contributed by atoms with van der Waals surface area (Å²) < 4.78 is 5.04. The number of methoxy groups -OCH3 is 1. The van der Waals surface area contributed by atoms with Crippen molar-refractivity contribution < 1.29 is 9.53 Å². The predicted octanol–water partition coefficient (Wildman–Crippen LogP) is 2.60. The summed E-state index contributed by atoms with van der Waals surface area (Å²) in [5, 5.41) is 10.5. The maximum absolute atomic E-state index is 11.6. The Labute approximate surface area is 99.9 Å². The van der Waals surface area contributed by atoms with Gasteiger partial charge in [-0.15, -0.1) is 0 Å². The van der Waals surface area contributed by atoms with Crippen LogP contribution < -0.4 is 10.1 Å². The predicted molar refractivity (Wildman–Crippen MR) is 64.1 cm³/mol. The number of rotatable bonds is 5. The molecule has 90 valence electrons. The lowest BCUT2D eigenvalue weighted by Crippen LogP contribution is -2.15. The zero-order chi connectivity index (χ0) is 12.3. The maximum Gasteiger partial charge on any atom is 0.224 e. The van der Waals surface area contributed by atoms with E-state index in [1.807, 2.05) is 31.2 Å². The smallest absolute Gasteiger partial charge is 0.224 e. The SMILES string of the molecule is COc1ccc(NC(=O)CCC2(C)N=N2)cc1. The second-order valence-electron chi connectivity index (χ2n) is 4.19. The van der Waals surface area contributed by atoms with Crippen LogP contribution in [0.5, 0.6) is 5.75 Å². The number of amides is 1. The summed E-state index contributed by atoms with van der Waals surface area (Å²) in [6, 6.07) is 7.24. The van der Waals surface area contributed by atoms with Crippen LogP contribution in [0.15, 0.2) is 34.5 Å². The summed E-state index contributed by atoms with van der Waals surface area (Å²) in [6.07, 6.45) is 1.09. The van der Waals surface area contributed by atoms with Gasteiger partial charge in [0.15, 0.2) is 5.66 Å². The van der Waals surface area contributed by atoms with Gasteiger partial charge in [0.2, 0.25) is 5.91 Å². The minimum absolute atomic E-state index is 0.0197. The second kappa shape index (κ2) is 4.53. The number of nitrogens with zero attached hydrogens (tertiary/aromatic N) is 2. The molecule has 1 heterocycles. The van der Waals surface area contributed by atoms with Crippen LogP contribution in [-0.4, -0.2) is 18.7 Å². The molecule has 1 aliphatic rings. The summed E-state index contributed by atoms with van der Waals surface area (Å²) in [6.45, 7) is 1.91. The molecule has 0 unspecified atom stereocenters. The highest BCUT2D eigenvalue weighted by Crippen LogP contribution is 2.32. The molecule has 0 bridgehead atoms. The van der Waals surface area contributed by atoms with E-state index >= 15 is 0 Å². The molecule has 0 aromatic heterocycles. The lowest BCUT2D eigenvalue weighted by Gasteiger charge is -2.07. The Hall–Kier alpha value is -1.91. The van der Waals surface area contributed by atoms with Crippen LogP contribution in [0.2, 0.25) is 0 Å². The molecule has 17 heavy (non-hydrogen) atoms. The standard InChI is InChI=1S/C12H15N3O2/c1-12(14-15-12)8-7-11(16)13-9-3-5-10(17-2)6-4-9/h3-6H,7-8H2,1-2H3,(H,13,16). The zero-order valence-corrected chi connectivity index (χ0v) is 9.93. The van der Waals surface area contributed by atoms with Crippen LogP contribution in [-0.2, 0) is 4.79 Å². The Kier molecular flexibility index (Phi) is 3.08. The molecule has 5 nitrogen and oxygen atoms in total. The molecule has 1 amide bonds. The highest BCUT2D eigenvalue weighted by Gasteiger charge is 2.33. The number of hydrogen-bond donors (Lipinski definition) is 1. The van der Waals surface area contributed by atoms with Gasteiger partial charge in [0.05, 0.1) is 7.11 Å². The van der Waals surface area contributed by atoms with Crippen molar-refractivity contribution in [1.82, 2.24) is 0 Å². The zero-order valence-electron chi connectivity index (χ0n) is 9.93. The Morgan fingerprint density at radius 2 is 2.00 bits per heavy atom. The van der Waals surface area contributed by atoms with Crippen molar-refractivity contribution in [3.8, 4) is 5.75 Å². The van der Waals surface area contributed by atoms with Crippen LogP contribution in [0.3, 0.4) is 0 Å². The molecule has 1 aliphatic heterocycles. The molecule has 0 radical (unpaired) electrons. The van der Waals surface area contributed by atoms with Gasteiger partial charge >= 0.3 is 0 Å². The van der Waals surface area contributed by atoms with Gasteiger partial charge < -0.3 is 10.1 Å². The fourth-order valence-corrected chi connectivity index (χ4v) is 1.43. The van der Waals surface area contributed by atoms with Crippen LogP contribution in [0, 0.1) is 0 Å². The first-order valence-electron chi connectivity index (χ1n) is 5.49. The van der Waals surface area contributed by atoms with Crippen molar-refractivity contribution in [3.05, 3.63) is 24.3 Å². The summed E-state index contributed by atoms with van der Waals surface area (Å²) in [7, 11) is 1.61. The average molecular weight is 233 g/mol. The van der Waals surface area contributed by atoms with Gasteiger partial charge in [0, 0.05) is 18.5 Å². The maximum atomic E-state index is 11.6. The fraction of sp³-hybridized carbons (Fsp3) is 0.417. The van der Waals surface area contributed by atoms with E-state index in [0.717, 1.165) is 11.4 Å². The Bertz CT molecular complexity index is 434. The van der Waals surface area contributed by atoms with Gasteiger partial charge in [-0.3, -0.25) is 4.79 Å². The normalized spacial score (nSPS) is 15.4. The minimum Gasteiger partial charge on any atom is -0.497 e. The van der Waals surface area contributed by atoms with Crippen molar-refractivity contribution in [2.75, 3.05) is 12.4 Å². The van der Waals surface area contributed by atoms with E-state index in [0.29, 0.717) is 12.8 Å². The first-order chi connectivity index (χ1) is 8.11. The van der Waals surface area contributed by atoms with Crippen LogP contribution >= 0.6 is 0 Å². The molecule has 2 rings (SSSR count). The summed E-state index contributed by atoms with van der Waals surface area (Å²) in [5.41, 5.74) is 0.461. The van der Waals surface area contributed by atoms with E-state index in [2.05, 4.69) is 15.5 Å². The molecular formula is C12H15N3O2. The van der Waals surface area contributed by atoms with Gasteiger partial charge in [-0.25, -0.2) is 0 Å². The van der Waals surface area contributed by atoms with Crippen molar-refractivity contribution in [2.45, 2.75) is 25.4 Å². The third-order valence-electron chi connectivity index (χ3n) is 2.64. The van der Waals surface area contributed by atoms with E-state index in [4.69, 9.17) is 4.74 Å². The molecule has 1 aromatic rings. The van der Waals surface area contributed by atoms with Crippen LogP contribution in [0.1, 0.15) is 19.8 Å². The van der Waals surface area contributed by atoms with Gasteiger partial charge in [0.1, 0.15) is 5.75 Å². The summed E-state index contributed by atoms with van der Waals surface area (Å²) in [5.74, 6) is 0.750. The first kappa shape index (κ1) is 11.6. The fourth-order valence-electron chi connectivity index (χ4n) is 1.43. The topological polar surface area (TPSA) is 63.0 Å². The third-order valence-corrected chi connectivity index (χ3v) is 2.64. The van der Waals surface area contributed by atoms with Crippen LogP contribution in [0.25, 0.3) is 0 Å². The lowest BCUT2D eigenvalue weighted by atomic mass is 10.1. The van der Waals surface area contributed by atoms with Gasteiger partial charge in [-0.1, -0.05) is 0 Å². The lowest BCUT2D eigenvalue weighted by molar-refractivity contribution is -0.116. The Morgan fingerprint density at radius 3 is 2.53 bits per heavy atom. The van der Waals surface area contributed by atoms with E-state index in [-0.39, 0.29) is 11.6 Å². The number of hydrogen-bond acceptors (Lipinski definition) is 4. The van der Waals surface area contributed by atoms with Crippen molar-refractivity contribution in [2.24, 2.45) is 10.2 Å². The number of carbonyl (C=O) groups is 1. The molecule has 5 heteroatoms. The second-order valence-corrected chi connectivity index (χ2v) is 4.19. The number of nitrogens with one attached hydrogen (secondary N) is 1. The third kappa shape index (κ3) is 3.27. The Balaban J connectivity index is 1.80. The number of carbonyl (C=O) groups excluding carboxylic acids is 1. The van der Waals surface area contributed by atoms with E-state index < -0.39 is 0 Å². The molecular weight excluding hydrogens is 218 g/mol. The molecule has 0 aliphatic carbocycles. The Morgan fingerprint density at radius 1 is 1.35 bits per heavy atom. The highest BCUT2D eigenvalue weighted by molar-refractivity contribution is 5.90. The van der Waals surface area contributed by atoms with Crippen molar-refractivity contribution in [1.29, 1.82) is 0 Å². The molecule has 1 aromatic carbocycles. The molecule has 0 fully saturated rings. The van der Waals surface area contributed by atoms with Gasteiger partial charge in [0.25, 0.3) is 0 Å². The summed E-state index contributed by atoms with van der Waals surface area (Å²) in [4.78, 5) is 11.6. The number of anilines is 1. The van der Waals surface area contributed by atoms with Gasteiger partial charge in [-0.05, 0) is 31.2 Å². The van der Waals surface area contributed by atoms with Gasteiger partial charge in [-0.2, -0.15) is 10.2 Å². The largest absolute Gasteiger partial charge is 0.497 e. The summed E-state index contributed by atoms with van der Waals surface area (Å²) >= 11 is 0. The number of ether oxygens (including phenoxy) is 1. The molecule has 0 atom stereocenters. The highest BCUT2D eigenvalue weighted by atomic mass is 16.5. The molecule has 0 saturated carbocycles. The van der Waals surface area contributed by atoms with Crippen molar-refractivity contribution >= 4 is 11.6 Å². The van der Waals surface area contributed by atoms with Crippen molar-refractivity contribution in [3.63, 3.8) is 0 Å². The van der Waals surface area contributed by atoms with E-state index in [1.54, 1.807) is 7.11 Å².